The summed E-state index contributed by atoms with van der Waals surface area (Å²) in [6.45, 7) is 5.05. The van der Waals surface area contributed by atoms with Crippen LogP contribution in [-0.4, -0.2) is 49.5 Å². The second kappa shape index (κ2) is 11.1. The molecule has 3 aliphatic rings. The van der Waals surface area contributed by atoms with Gasteiger partial charge in [0.25, 0.3) is 0 Å². The minimum atomic E-state index is -0.339. The standard InChI is InChI=1S/C28H31BrN2O3S/c29-23-18-25(35-20-23)17-22-7-4-5-10-26(22)30-28(32)34-27-19-31(14-11-21(27)12-15-31)13-6-16-33-24-8-2-1-3-9-24/h1-5,7-10,18,20-21,27H,6,11-17,19H2/p+1. The number of halogens is 1. The van der Waals surface area contributed by atoms with Crippen LogP contribution in [0.25, 0.3) is 0 Å². The van der Waals surface area contributed by atoms with Gasteiger partial charge in [0.2, 0.25) is 0 Å². The number of anilines is 1. The van der Waals surface area contributed by atoms with Crippen molar-refractivity contribution < 1.29 is 18.8 Å². The van der Waals surface area contributed by atoms with Gasteiger partial charge >= 0.3 is 6.09 Å². The van der Waals surface area contributed by atoms with Crippen molar-refractivity contribution in [3.63, 3.8) is 0 Å². The van der Waals surface area contributed by atoms with Crippen LogP contribution in [-0.2, 0) is 11.2 Å². The molecule has 2 aromatic carbocycles. The van der Waals surface area contributed by atoms with Crippen molar-refractivity contribution in [2.45, 2.75) is 31.8 Å². The van der Waals surface area contributed by atoms with Crippen LogP contribution in [0.15, 0.2) is 70.5 Å². The van der Waals surface area contributed by atoms with Gasteiger partial charge in [0, 0.05) is 52.0 Å². The number of carbonyl (C=O) groups excluding carboxylic acids is 1. The van der Waals surface area contributed by atoms with Crippen LogP contribution in [0, 0.1) is 5.92 Å². The quantitative estimate of drug-likeness (QED) is 0.235. The van der Waals surface area contributed by atoms with E-state index in [4.69, 9.17) is 9.47 Å². The third kappa shape index (κ3) is 6.26. The molecule has 35 heavy (non-hydrogen) atoms. The average Bonchev–Trinajstić information content (AvgIpc) is 3.29. The smallest absolute Gasteiger partial charge is 0.412 e. The molecule has 1 amide bonds. The summed E-state index contributed by atoms with van der Waals surface area (Å²) < 4.78 is 14.1. The van der Waals surface area contributed by atoms with Crippen LogP contribution in [0.2, 0.25) is 0 Å². The Morgan fingerprint density at radius 3 is 2.63 bits per heavy atom. The number of hydrogen-bond donors (Lipinski definition) is 1. The van der Waals surface area contributed by atoms with Gasteiger partial charge in [0.05, 0.1) is 26.2 Å². The maximum absolute atomic E-state index is 12.9. The zero-order valence-corrected chi connectivity index (χ0v) is 22.2. The lowest BCUT2D eigenvalue weighted by atomic mass is 9.83. The first kappa shape index (κ1) is 24.3. The molecule has 5 nitrogen and oxygen atoms in total. The van der Waals surface area contributed by atoms with E-state index in [1.807, 2.05) is 48.5 Å². The summed E-state index contributed by atoms with van der Waals surface area (Å²) >= 11 is 5.24. The number of ether oxygens (including phenoxy) is 2. The summed E-state index contributed by atoms with van der Waals surface area (Å²) in [7, 11) is 0. The molecule has 184 valence electrons. The number of piperidine rings is 3. The first-order valence-electron chi connectivity index (χ1n) is 12.4. The lowest BCUT2D eigenvalue weighted by molar-refractivity contribution is -0.946. The molecule has 3 fully saturated rings. The van der Waals surface area contributed by atoms with E-state index in [0.717, 1.165) is 71.3 Å². The molecule has 0 saturated carbocycles. The Kier molecular flexibility index (Phi) is 7.75. The van der Waals surface area contributed by atoms with Crippen LogP contribution in [0.5, 0.6) is 5.75 Å². The number of para-hydroxylation sites is 2. The van der Waals surface area contributed by atoms with Crippen molar-refractivity contribution in [2.24, 2.45) is 5.92 Å². The summed E-state index contributed by atoms with van der Waals surface area (Å²) in [5, 5.41) is 5.12. The van der Waals surface area contributed by atoms with Gasteiger partial charge in [-0.15, -0.1) is 11.3 Å². The number of amides is 1. The van der Waals surface area contributed by atoms with E-state index < -0.39 is 0 Å². The van der Waals surface area contributed by atoms with E-state index in [9.17, 15) is 4.79 Å². The van der Waals surface area contributed by atoms with Gasteiger partial charge in [-0.05, 0) is 45.8 Å². The van der Waals surface area contributed by atoms with Gasteiger partial charge in [0.1, 0.15) is 12.3 Å². The van der Waals surface area contributed by atoms with Crippen LogP contribution in [0.3, 0.4) is 0 Å². The molecule has 0 spiro atoms. The highest BCUT2D eigenvalue weighted by molar-refractivity contribution is 9.10. The molecule has 3 saturated heterocycles. The maximum atomic E-state index is 12.9. The number of nitrogens with zero attached hydrogens (tertiary/aromatic N) is 1. The Labute approximate surface area is 219 Å². The Balaban J connectivity index is 1.14. The summed E-state index contributed by atoms with van der Waals surface area (Å²) in [6.07, 6.45) is 3.68. The molecule has 1 N–H and O–H groups in total. The second-order valence-electron chi connectivity index (χ2n) is 9.68. The molecular weight excluding hydrogens is 524 g/mol. The van der Waals surface area contributed by atoms with Crippen LogP contribution in [0.1, 0.15) is 29.7 Å². The van der Waals surface area contributed by atoms with Gasteiger partial charge in [0.15, 0.2) is 6.10 Å². The Morgan fingerprint density at radius 1 is 1.09 bits per heavy atom. The van der Waals surface area contributed by atoms with E-state index in [2.05, 4.69) is 38.8 Å². The van der Waals surface area contributed by atoms with Crippen molar-refractivity contribution >= 4 is 39.0 Å². The van der Waals surface area contributed by atoms with E-state index in [0.29, 0.717) is 5.92 Å². The third-order valence-corrected chi connectivity index (χ3v) is 9.03. The number of nitrogens with one attached hydrogen (secondary N) is 1. The van der Waals surface area contributed by atoms with Crippen LogP contribution >= 0.6 is 27.3 Å². The fourth-order valence-corrected chi connectivity index (χ4v) is 6.96. The van der Waals surface area contributed by atoms with Crippen molar-refractivity contribution in [2.75, 3.05) is 38.1 Å². The normalized spacial score (nSPS) is 23.1. The third-order valence-electron chi connectivity index (χ3n) is 7.33. The first-order valence-corrected chi connectivity index (χ1v) is 14.1. The molecule has 0 radical (unpaired) electrons. The molecule has 3 aliphatic heterocycles. The number of hydrogen-bond acceptors (Lipinski definition) is 4. The van der Waals surface area contributed by atoms with Crippen LogP contribution in [0.4, 0.5) is 10.5 Å². The molecule has 7 heteroatoms. The van der Waals surface area contributed by atoms with Gasteiger partial charge in [-0.2, -0.15) is 0 Å². The fourth-order valence-electron chi connectivity index (χ4n) is 5.48. The predicted octanol–water partition coefficient (Wildman–Crippen LogP) is 6.73. The molecule has 6 rings (SSSR count). The minimum Gasteiger partial charge on any atom is -0.493 e. The lowest BCUT2D eigenvalue weighted by Gasteiger charge is -2.52. The monoisotopic (exact) mass is 555 g/mol. The summed E-state index contributed by atoms with van der Waals surface area (Å²) in [6, 6.07) is 20.1. The molecule has 1 aromatic heterocycles. The first-order chi connectivity index (χ1) is 17.1. The van der Waals surface area contributed by atoms with E-state index in [-0.39, 0.29) is 12.2 Å². The largest absolute Gasteiger partial charge is 0.493 e. The Bertz CT molecular complexity index is 1130. The van der Waals surface area contributed by atoms with Crippen molar-refractivity contribution in [1.82, 2.24) is 0 Å². The Hall–Kier alpha value is -2.35. The number of rotatable bonds is 9. The summed E-state index contributed by atoms with van der Waals surface area (Å²) in [5.74, 6) is 1.40. The summed E-state index contributed by atoms with van der Waals surface area (Å²) in [4.78, 5) is 14.2. The molecule has 2 bridgehead atoms. The van der Waals surface area contributed by atoms with Gasteiger partial charge in [-0.1, -0.05) is 36.4 Å². The molecule has 1 atom stereocenters. The van der Waals surface area contributed by atoms with Gasteiger partial charge < -0.3 is 14.0 Å². The van der Waals surface area contributed by atoms with Crippen molar-refractivity contribution in [3.8, 4) is 5.75 Å². The molecule has 3 aromatic rings. The molecule has 0 aliphatic carbocycles. The highest BCUT2D eigenvalue weighted by Gasteiger charge is 2.47. The SMILES string of the molecule is O=C(Nc1ccccc1Cc1cc(Br)cs1)OC1C[N+]2(CCCOc3ccccc3)CCC1CC2. The lowest BCUT2D eigenvalue weighted by Crippen LogP contribution is -2.64. The number of fused-ring (bicyclic) bond motifs is 3. The highest BCUT2D eigenvalue weighted by Crippen LogP contribution is 2.36. The molecular formula is C28H32BrN2O3S+. The minimum absolute atomic E-state index is 0.0204. The average molecular weight is 557 g/mol. The van der Waals surface area contributed by atoms with Crippen molar-refractivity contribution in [1.29, 1.82) is 0 Å². The van der Waals surface area contributed by atoms with Crippen molar-refractivity contribution in [3.05, 3.63) is 81.0 Å². The molecule has 4 heterocycles. The second-order valence-corrected chi connectivity index (χ2v) is 11.6. The zero-order valence-electron chi connectivity index (χ0n) is 19.8. The summed E-state index contributed by atoms with van der Waals surface area (Å²) in [5.41, 5.74) is 1.92. The fraction of sp³-hybridized carbons (Fsp3) is 0.393. The van der Waals surface area contributed by atoms with Gasteiger partial charge in [-0.3, -0.25) is 5.32 Å². The number of quaternary nitrogens is 1. The number of carbonyl (C=O) groups is 1. The van der Waals surface area contributed by atoms with E-state index in [1.165, 1.54) is 18.0 Å². The number of thiophene rings is 1. The van der Waals surface area contributed by atoms with Crippen LogP contribution < -0.4 is 10.1 Å². The molecule has 1 unspecified atom stereocenters. The van der Waals surface area contributed by atoms with E-state index in [1.54, 1.807) is 11.3 Å². The Morgan fingerprint density at radius 2 is 1.86 bits per heavy atom. The number of benzene rings is 2. The maximum Gasteiger partial charge on any atom is 0.412 e. The van der Waals surface area contributed by atoms with E-state index >= 15 is 0 Å². The predicted molar refractivity (Wildman–Crippen MR) is 144 cm³/mol. The highest BCUT2D eigenvalue weighted by atomic mass is 79.9. The topological polar surface area (TPSA) is 47.6 Å². The zero-order chi connectivity index (χ0) is 24.1. The van der Waals surface area contributed by atoms with Gasteiger partial charge in [-0.25, -0.2) is 4.79 Å².